The maximum absolute atomic E-state index is 12.1. The average Bonchev–Trinajstić information content (AvgIpc) is 2.44. The topological polar surface area (TPSA) is 46.9 Å². The van der Waals surface area contributed by atoms with Crippen LogP contribution in [0, 0.1) is 0 Å². The third kappa shape index (κ3) is 3.89. The number of hydrogen-bond acceptors (Lipinski definition) is 4. The molecule has 19 heavy (non-hydrogen) atoms. The highest BCUT2D eigenvalue weighted by Crippen LogP contribution is 2.23. The first-order valence-corrected chi connectivity index (χ1v) is 8.35. The molecule has 0 amide bonds. The van der Waals surface area contributed by atoms with Gasteiger partial charge in [0.05, 0.1) is 11.9 Å². The van der Waals surface area contributed by atoms with Crippen molar-refractivity contribution in [1.82, 2.24) is 9.78 Å². The first kappa shape index (κ1) is 14.7. The molecular formula is C13H20ClN3OS. The Bertz CT molecular complexity index is 471. The van der Waals surface area contributed by atoms with Gasteiger partial charge in [0.25, 0.3) is 5.56 Å². The van der Waals surface area contributed by atoms with Gasteiger partial charge in [0.1, 0.15) is 5.02 Å². The predicted octanol–water partition coefficient (Wildman–Crippen LogP) is 3.00. The van der Waals surface area contributed by atoms with E-state index in [0.29, 0.717) is 18.3 Å². The van der Waals surface area contributed by atoms with E-state index in [2.05, 4.69) is 17.3 Å². The fourth-order valence-corrected chi connectivity index (χ4v) is 3.40. The number of rotatable bonds is 5. The van der Waals surface area contributed by atoms with E-state index in [9.17, 15) is 4.79 Å². The predicted molar refractivity (Wildman–Crippen MR) is 82.4 cm³/mol. The molecule has 6 heteroatoms. The summed E-state index contributed by atoms with van der Waals surface area (Å²) in [6, 6.07) is 0.409. The number of nitrogens with one attached hydrogen (secondary N) is 1. The van der Waals surface area contributed by atoms with Crippen molar-refractivity contribution in [3.63, 3.8) is 0 Å². The number of unbranched alkanes of at least 4 members (excludes halogenated alkanes) is 1. The van der Waals surface area contributed by atoms with Crippen LogP contribution in [-0.2, 0) is 6.54 Å². The van der Waals surface area contributed by atoms with Crippen LogP contribution in [-0.4, -0.2) is 27.3 Å². The summed E-state index contributed by atoms with van der Waals surface area (Å²) in [7, 11) is 0. The summed E-state index contributed by atoms with van der Waals surface area (Å²) >= 11 is 8.13. The van der Waals surface area contributed by atoms with Gasteiger partial charge in [-0.2, -0.15) is 16.9 Å². The molecule has 2 rings (SSSR count). The van der Waals surface area contributed by atoms with Gasteiger partial charge < -0.3 is 5.32 Å². The summed E-state index contributed by atoms with van der Waals surface area (Å²) in [5.74, 6) is 2.33. The van der Waals surface area contributed by atoms with Crippen LogP contribution >= 0.6 is 23.4 Å². The van der Waals surface area contributed by atoms with Crippen LogP contribution < -0.4 is 10.9 Å². The molecule has 1 N–H and O–H groups in total. The number of aromatic nitrogens is 2. The fraction of sp³-hybridized carbons (Fsp3) is 0.692. The van der Waals surface area contributed by atoms with Crippen molar-refractivity contribution in [2.24, 2.45) is 0 Å². The number of hydrogen-bond donors (Lipinski definition) is 1. The van der Waals surface area contributed by atoms with E-state index in [-0.39, 0.29) is 10.6 Å². The van der Waals surface area contributed by atoms with Crippen LogP contribution in [0.5, 0.6) is 0 Å². The van der Waals surface area contributed by atoms with Crippen molar-refractivity contribution in [2.75, 3.05) is 16.8 Å². The van der Waals surface area contributed by atoms with Gasteiger partial charge in [0.15, 0.2) is 0 Å². The number of thioether (sulfide) groups is 1. The van der Waals surface area contributed by atoms with Crippen LogP contribution in [0.4, 0.5) is 5.69 Å². The first-order valence-electron chi connectivity index (χ1n) is 6.82. The minimum atomic E-state index is -0.190. The Balaban J connectivity index is 2.09. The minimum Gasteiger partial charge on any atom is -0.380 e. The van der Waals surface area contributed by atoms with Crippen LogP contribution in [0.2, 0.25) is 5.02 Å². The van der Waals surface area contributed by atoms with E-state index in [1.54, 1.807) is 6.20 Å². The summed E-state index contributed by atoms with van der Waals surface area (Å²) in [4.78, 5) is 12.1. The molecule has 4 nitrogen and oxygen atoms in total. The molecule has 0 atom stereocenters. The molecular weight excluding hydrogens is 282 g/mol. The van der Waals surface area contributed by atoms with Crippen LogP contribution in [0.25, 0.3) is 0 Å². The quantitative estimate of drug-likeness (QED) is 0.908. The molecule has 1 aromatic rings. The molecule has 0 unspecified atom stereocenters. The van der Waals surface area contributed by atoms with Gasteiger partial charge in [-0.3, -0.25) is 4.79 Å². The number of halogens is 1. The molecule has 0 saturated carbocycles. The van der Waals surface area contributed by atoms with Gasteiger partial charge in [-0.25, -0.2) is 4.68 Å². The molecule has 1 aliphatic heterocycles. The average molecular weight is 302 g/mol. The van der Waals surface area contributed by atoms with Crippen LogP contribution in [0.15, 0.2) is 11.0 Å². The standard InChI is InChI=1S/C13H20ClN3OS/c1-2-3-6-17-13(18)12(14)11(9-15-17)16-10-4-7-19-8-5-10/h9-10,16H,2-8H2,1H3. The van der Waals surface area contributed by atoms with E-state index < -0.39 is 0 Å². The van der Waals surface area contributed by atoms with Gasteiger partial charge in [-0.05, 0) is 30.8 Å². The number of anilines is 1. The molecule has 0 radical (unpaired) electrons. The zero-order valence-electron chi connectivity index (χ0n) is 11.2. The number of aryl methyl sites for hydroxylation is 1. The zero-order chi connectivity index (χ0) is 13.7. The Labute approximate surface area is 122 Å². The van der Waals surface area contributed by atoms with E-state index in [1.165, 1.54) is 4.68 Å². The van der Waals surface area contributed by atoms with Gasteiger partial charge in [-0.15, -0.1) is 0 Å². The summed E-state index contributed by atoms with van der Waals surface area (Å²) < 4.78 is 1.45. The maximum atomic E-state index is 12.1. The lowest BCUT2D eigenvalue weighted by Crippen LogP contribution is -2.28. The lowest BCUT2D eigenvalue weighted by molar-refractivity contribution is 0.542. The summed E-state index contributed by atoms with van der Waals surface area (Å²) in [5.41, 5.74) is 0.488. The first-order chi connectivity index (χ1) is 9.22. The molecule has 1 fully saturated rings. The molecule has 1 aliphatic rings. The molecule has 1 saturated heterocycles. The van der Waals surface area contributed by atoms with Crippen molar-refractivity contribution in [2.45, 2.75) is 45.2 Å². The Morgan fingerprint density at radius 3 is 2.95 bits per heavy atom. The molecule has 1 aromatic heterocycles. The van der Waals surface area contributed by atoms with E-state index in [4.69, 9.17) is 11.6 Å². The highest BCUT2D eigenvalue weighted by molar-refractivity contribution is 7.99. The SMILES string of the molecule is CCCCn1ncc(NC2CCSCC2)c(Cl)c1=O. The zero-order valence-corrected chi connectivity index (χ0v) is 12.8. The van der Waals surface area contributed by atoms with Crippen molar-refractivity contribution in [3.8, 4) is 0 Å². The highest BCUT2D eigenvalue weighted by Gasteiger charge is 2.16. The van der Waals surface area contributed by atoms with Crippen LogP contribution in [0.3, 0.4) is 0 Å². The second-order valence-electron chi connectivity index (χ2n) is 4.79. The van der Waals surface area contributed by atoms with E-state index in [1.807, 2.05) is 11.8 Å². The van der Waals surface area contributed by atoms with Gasteiger partial charge in [0.2, 0.25) is 0 Å². The van der Waals surface area contributed by atoms with E-state index >= 15 is 0 Å². The van der Waals surface area contributed by atoms with E-state index in [0.717, 1.165) is 37.2 Å². The van der Waals surface area contributed by atoms with Crippen LogP contribution in [0.1, 0.15) is 32.6 Å². The summed E-state index contributed by atoms with van der Waals surface area (Å²) in [6.07, 6.45) is 5.88. The largest absolute Gasteiger partial charge is 0.380 e. The molecule has 0 bridgehead atoms. The maximum Gasteiger partial charge on any atom is 0.287 e. The Morgan fingerprint density at radius 2 is 2.26 bits per heavy atom. The lowest BCUT2D eigenvalue weighted by atomic mass is 10.1. The summed E-state index contributed by atoms with van der Waals surface area (Å²) in [5, 5.41) is 7.81. The number of nitrogens with zero attached hydrogens (tertiary/aromatic N) is 2. The second kappa shape index (κ2) is 7.20. The van der Waals surface area contributed by atoms with Crippen molar-refractivity contribution < 1.29 is 0 Å². The van der Waals surface area contributed by atoms with Gasteiger partial charge in [-0.1, -0.05) is 24.9 Å². The monoisotopic (exact) mass is 301 g/mol. The minimum absolute atomic E-state index is 0.190. The smallest absolute Gasteiger partial charge is 0.287 e. The molecule has 106 valence electrons. The fourth-order valence-electron chi connectivity index (χ4n) is 2.09. The van der Waals surface area contributed by atoms with Crippen molar-refractivity contribution in [3.05, 3.63) is 21.6 Å². The highest BCUT2D eigenvalue weighted by atomic mass is 35.5. The molecule has 0 aliphatic carbocycles. The van der Waals surface area contributed by atoms with Crippen molar-refractivity contribution in [1.29, 1.82) is 0 Å². The molecule has 2 heterocycles. The Kier molecular flexibility index (Phi) is 5.58. The summed E-state index contributed by atoms with van der Waals surface area (Å²) in [6.45, 7) is 2.72. The third-order valence-corrected chi connectivity index (χ3v) is 4.70. The van der Waals surface area contributed by atoms with Gasteiger partial charge >= 0.3 is 0 Å². The molecule has 0 spiro atoms. The lowest BCUT2D eigenvalue weighted by Gasteiger charge is -2.23. The molecule has 0 aromatic carbocycles. The normalized spacial score (nSPS) is 16.5. The Morgan fingerprint density at radius 1 is 1.53 bits per heavy atom. The Hall–Kier alpha value is -0.680. The third-order valence-electron chi connectivity index (χ3n) is 3.29. The van der Waals surface area contributed by atoms with Gasteiger partial charge in [0, 0.05) is 12.6 Å². The van der Waals surface area contributed by atoms with Crippen molar-refractivity contribution >= 4 is 29.1 Å². The second-order valence-corrected chi connectivity index (χ2v) is 6.39.